The van der Waals surface area contributed by atoms with Crippen LogP contribution in [0.25, 0.3) is 0 Å². The highest BCUT2D eigenvalue weighted by molar-refractivity contribution is 5.81. The second-order valence-corrected chi connectivity index (χ2v) is 9.96. The van der Waals surface area contributed by atoms with Gasteiger partial charge in [0.05, 0.1) is 12.6 Å². The van der Waals surface area contributed by atoms with Crippen molar-refractivity contribution in [3.05, 3.63) is 0 Å². The third kappa shape index (κ3) is 3.62. The van der Waals surface area contributed by atoms with Gasteiger partial charge in [-0.1, -0.05) is 12.8 Å². The van der Waals surface area contributed by atoms with Crippen LogP contribution in [0.5, 0.6) is 0 Å². The van der Waals surface area contributed by atoms with E-state index in [9.17, 15) is 4.79 Å². The standard InChI is InChI=1S/C23H39N5O2/c1-2-24-22(25-20-18-7-16-30-21(18)23(20)8-3-4-9-23)28-14-12-26(13-15-28)17-19(29)27-10-5-6-11-27/h18,20-21H,2-17H2,1H3,(H,24,25). The molecule has 30 heavy (non-hydrogen) atoms. The van der Waals surface area contributed by atoms with Gasteiger partial charge < -0.3 is 19.9 Å². The summed E-state index contributed by atoms with van der Waals surface area (Å²) in [6.45, 7) is 10.1. The molecule has 0 radical (unpaired) electrons. The lowest BCUT2D eigenvalue weighted by atomic mass is 9.54. The monoisotopic (exact) mass is 417 g/mol. The van der Waals surface area contributed by atoms with Crippen LogP contribution in [0.4, 0.5) is 0 Å². The maximum absolute atomic E-state index is 12.5. The van der Waals surface area contributed by atoms with Gasteiger partial charge in [0.1, 0.15) is 0 Å². The van der Waals surface area contributed by atoms with Crippen LogP contribution in [-0.2, 0) is 9.53 Å². The van der Waals surface area contributed by atoms with Crippen molar-refractivity contribution in [2.75, 3.05) is 59.0 Å². The molecular weight excluding hydrogens is 378 g/mol. The van der Waals surface area contributed by atoms with Gasteiger partial charge in [-0.05, 0) is 39.0 Å². The van der Waals surface area contributed by atoms with Crippen LogP contribution in [0.15, 0.2) is 4.99 Å². The summed E-state index contributed by atoms with van der Waals surface area (Å²) in [5, 5.41) is 3.93. The second-order valence-electron chi connectivity index (χ2n) is 9.96. The molecule has 1 spiro atoms. The van der Waals surface area contributed by atoms with E-state index in [1.54, 1.807) is 0 Å². The lowest BCUT2D eigenvalue weighted by Crippen LogP contribution is -2.70. The zero-order chi connectivity index (χ0) is 20.6. The van der Waals surface area contributed by atoms with Crippen molar-refractivity contribution in [3.63, 3.8) is 0 Å². The van der Waals surface area contributed by atoms with E-state index < -0.39 is 0 Å². The van der Waals surface area contributed by atoms with E-state index in [2.05, 4.69) is 22.0 Å². The molecule has 0 aromatic carbocycles. The Morgan fingerprint density at radius 1 is 1.03 bits per heavy atom. The first kappa shape index (κ1) is 20.6. The molecule has 3 unspecified atom stereocenters. The predicted molar refractivity (Wildman–Crippen MR) is 117 cm³/mol. The van der Waals surface area contributed by atoms with Gasteiger partial charge in [0.2, 0.25) is 5.91 Å². The average Bonchev–Trinajstić information content (AvgIpc) is 3.52. The Morgan fingerprint density at radius 2 is 1.77 bits per heavy atom. The molecule has 1 N–H and O–H groups in total. The Morgan fingerprint density at radius 3 is 2.47 bits per heavy atom. The lowest BCUT2D eigenvalue weighted by Gasteiger charge is -2.57. The number of amides is 1. The van der Waals surface area contributed by atoms with E-state index >= 15 is 0 Å². The summed E-state index contributed by atoms with van der Waals surface area (Å²) in [7, 11) is 0. The molecule has 168 valence electrons. The van der Waals surface area contributed by atoms with Crippen molar-refractivity contribution >= 4 is 11.9 Å². The molecule has 0 bridgehead atoms. The maximum Gasteiger partial charge on any atom is 0.236 e. The summed E-state index contributed by atoms with van der Waals surface area (Å²) >= 11 is 0. The first-order valence-electron chi connectivity index (χ1n) is 12.4. The summed E-state index contributed by atoms with van der Waals surface area (Å²) in [5.74, 6) is 2.06. The van der Waals surface area contributed by atoms with Crippen molar-refractivity contribution in [1.29, 1.82) is 0 Å². The highest BCUT2D eigenvalue weighted by atomic mass is 16.5. The fourth-order valence-corrected chi connectivity index (χ4v) is 6.81. The van der Waals surface area contributed by atoms with Crippen LogP contribution < -0.4 is 5.32 Å². The fourth-order valence-electron chi connectivity index (χ4n) is 6.81. The van der Waals surface area contributed by atoms with Gasteiger partial charge in [-0.15, -0.1) is 0 Å². The molecule has 0 aromatic heterocycles. The number of aliphatic imine (C=N–C) groups is 1. The molecule has 2 aliphatic carbocycles. The van der Waals surface area contributed by atoms with Crippen molar-refractivity contribution in [3.8, 4) is 0 Å². The van der Waals surface area contributed by atoms with Crippen LogP contribution in [0.1, 0.15) is 51.9 Å². The second kappa shape index (κ2) is 8.65. The molecule has 3 atom stereocenters. The Hall–Kier alpha value is -1.34. The Bertz CT molecular complexity index is 648. The van der Waals surface area contributed by atoms with Gasteiger partial charge in [0.15, 0.2) is 5.96 Å². The highest BCUT2D eigenvalue weighted by Gasteiger charge is 2.65. The van der Waals surface area contributed by atoms with Crippen LogP contribution in [0.3, 0.4) is 0 Å². The van der Waals surface area contributed by atoms with Crippen molar-refractivity contribution in [1.82, 2.24) is 20.0 Å². The minimum Gasteiger partial charge on any atom is -0.377 e. The number of piperazine rings is 1. The third-order valence-electron chi connectivity index (χ3n) is 8.37. The quantitative estimate of drug-likeness (QED) is 0.555. The van der Waals surface area contributed by atoms with Gasteiger partial charge in [0, 0.05) is 69.8 Å². The largest absolute Gasteiger partial charge is 0.377 e. The van der Waals surface area contributed by atoms with E-state index in [0.717, 1.165) is 71.2 Å². The summed E-state index contributed by atoms with van der Waals surface area (Å²) in [6.07, 6.45) is 9.29. The molecule has 3 saturated heterocycles. The molecule has 5 aliphatic rings. The number of likely N-dealkylation sites (tertiary alicyclic amines) is 1. The molecule has 1 amide bonds. The van der Waals surface area contributed by atoms with E-state index in [0.29, 0.717) is 35.9 Å². The van der Waals surface area contributed by atoms with Crippen LogP contribution >= 0.6 is 0 Å². The summed E-state index contributed by atoms with van der Waals surface area (Å²) in [6, 6.07) is 0.521. The van der Waals surface area contributed by atoms with Crippen molar-refractivity contribution in [2.45, 2.75) is 64.0 Å². The Kier molecular flexibility index (Phi) is 5.93. The normalized spacial score (nSPS) is 33.8. The fraction of sp³-hybridized carbons (Fsp3) is 0.913. The van der Waals surface area contributed by atoms with Gasteiger partial charge >= 0.3 is 0 Å². The van der Waals surface area contributed by atoms with Crippen LogP contribution in [0.2, 0.25) is 0 Å². The zero-order valence-corrected chi connectivity index (χ0v) is 18.7. The maximum atomic E-state index is 12.5. The third-order valence-corrected chi connectivity index (χ3v) is 8.37. The van der Waals surface area contributed by atoms with Gasteiger partial charge in [-0.25, -0.2) is 0 Å². The van der Waals surface area contributed by atoms with Crippen molar-refractivity contribution < 1.29 is 9.53 Å². The van der Waals surface area contributed by atoms with Gasteiger partial charge in [-0.2, -0.15) is 0 Å². The topological polar surface area (TPSA) is 60.4 Å². The Labute approximate surface area is 181 Å². The SMILES string of the molecule is CCN=C(NC1C2CCOC2C12CCCC2)N1CCN(CC(=O)N2CCCC2)CC1. The molecule has 5 rings (SSSR count). The van der Waals surface area contributed by atoms with E-state index in [1.165, 1.54) is 32.1 Å². The van der Waals surface area contributed by atoms with E-state index in [-0.39, 0.29) is 0 Å². The summed E-state index contributed by atoms with van der Waals surface area (Å²) < 4.78 is 6.16. The summed E-state index contributed by atoms with van der Waals surface area (Å²) in [4.78, 5) is 24.2. The molecule has 5 fully saturated rings. The first-order chi connectivity index (χ1) is 14.7. The molecule has 3 aliphatic heterocycles. The van der Waals surface area contributed by atoms with Crippen molar-refractivity contribution in [2.24, 2.45) is 16.3 Å². The van der Waals surface area contributed by atoms with E-state index in [4.69, 9.17) is 9.73 Å². The van der Waals surface area contributed by atoms with E-state index in [1.807, 2.05) is 4.90 Å². The average molecular weight is 418 g/mol. The molecule has 7 nitrogen and oxygen atoms in total. The number of guanidine groups is 1. The number of fused-ring (bicyclic) bond motifs is 2. The number of hydrogen-bond donors (Lipinski definition) is 1. The molecule has 2 saturated carbocycles. The molecule has 7 heteroatoms. The number of hydrogen-bond acceptors (Lipinski definition) is 4. The Balaban J connectivity index is 1.18. The van der Waals surface area contributed by atoms with Crippen LogP contribution in [-0.4, -0.2) is 97.7 Å². The first-order valence-corrected chi connectivity index (χ1v) is 12.4. The number of carbonyl (C=O) groups excluding carboxylic acids is 1. The molecular formula is C23H39N5O2. The number of ether oxygens (including phenoxy) is 1. The van der Waals surface area contributed by atoms with Crippen LogP contribution in [0, 0.1) is 11.3 Å². The molecule has 0 aromatic rings. The number of nitrogens with zero attached hydrogens (tertiary/aromatic N) is 4. The minimum absolute atomic E-state index is 0.312. The number of rotatable bonds is 4. The zero-order valence-electron chi connectivity index (χ0n) is 18.7. The van der Waals surface area contributed by atoms with Gasteiger partial charge in [0.25, 0.3) is 0 Å². The van der Waals surface area contributed by atoms with Gasteiger partial charge in [-0.3, -0.25) is 14.7 Å². The summed E-state index contributed by atoms with van der Waals surface area (Å²) in [5.41, 5.74) is 0.347. The predicted octanol–water partition coefficient (Wildman–Crippen LogP) is 1.54. The highest BCUT2D eigenvalue weighted by Crippen LogP contribution is 2.60. The lowest BCUT2D eigenvalue weighted by molar-refractivity contribution is -0.131. The smallest absolute Gasteiger partial charge is 0.236 e. The number of carbonyl (C=O) groups is 1. The minimum atomic E-state index is 0.312. The number of nitrogens with one attached hydrogen (secondary N) is 1. The molecule has 3 heterocycles.